The fourth-order valence-corrected chi connectivity index (χ4v) is 2.04. The zero-order chi connectivity index (χ0) is 16.9. The highest BCUT2D eigenvalue weighted by atomic mass is 16.6. The summed E-state index contributed by atoms with van der Waals surface area (Å²) in [5, 5.41) is 10.5. The molecular weight excluding hydrogens is 298 g/mol. The third-order valence-corrected chi connectivity index (χ3v) is 2.93. The molecule has 124 valence electrons. The topological polar surface area (TPSA) is 112 Å². The quantitative estimate of drug-likeness (QED) is 0.405. The van der Waals surface area contributed by atoms with Crippen LogP contribution < -0.4 is 0 Å². The third-order valence-electron chi connectivity index (χ3n) is 2.93. The molecule has 1 rings (SSSR count). The Bertz CT molecular complexity index is 486. The Balaban J connectivity index is 3.35. The van der Waals surface area contributed by atoms with E-state index in [1.54, 1.807) is 13.8 Å². The van der Waals surface area contributed by atoms with Gasteiger partial charge in [0.25, 0.3) is 0 Å². The average molecular weight is 317 g/mol. The Kier molecular flexibility index (Phi) is 6.32. The van der Waals surface area contributed by atoms with E-state index in [0.29, 0.717) is 5.06 Å². The Morgan fingerprint density at radius 2 is 1.77 bits per heavy atom. The first kappa shape index (κ1) is 17.9. The van der Waals surface area contributed by atoms with Gasteiger partial charge >= 0.3 is 11.9 Å². The number of methoxy groups -OCH3 is 2. The van der Waals surface area contributed by atoms with Crippen molar-refractivity contribution in [1.29, 1.82) is 0 Å². The molecule has 1 N–H and O–H groups in total. The van der Waals surface area contributed by atoms with Crippen molar-refractivity contribution in [1.82, 2.24) is 5.06 Å². The number of ether oxygens (including phenoxy) is 4. The standard InChI is InChI=1S/C13H19NO8/c1-5-21-12(16)7-9(15)8(13(17)22-6-2)11(20-4)14(18)10(7)19-3/h7,10,18H,5-6H2,1-4H3. The van der Waals surface area contributed by atoms with Gasteiger partial charge in [-0.15, -0.1) is 0 Å². The molecule has 22 heavy (non-hydrogen) atoms. The molecular formula is C13H19NO8. The lowest BCUT2D eigenvalue weighted by atomic mass is 9.92. The monoisotopic (exact) mass is 317 g/mol. The Labute approximate surface area is 127 Å². The number of nitrogens with zero attached hydrogens (tertiary/aromatic N) is 1. The van der Waals surface area contributed by atoms with Crippen LogP contribution in [0.1, 0.15) is 13.8 Å². The maximum atomic E-state index is 12.5. The Morgan fingerprint density at radius 1 is 1.18 bits per heavy atom. The average Bonchev–Trinajstić information content (AvgIpc) is 2.48. The predicted molar refractivity (Wildman–Crippen MR) is 70.2 cm³/mol. The summed E-state index contributed by atoms with van der Waals surface area (Å²) in [6.07, 6.45) is -1.38. The van der Waals surface area contributed by atoms with Crippen molar-refractivity contribution in [2.75, 3.05) is 27.4 Å². The number of ketones is 1. The number of esters is 2. The van der Waals surface area contributed by atoms with E-state index in [2.05, 4.69) is 0 Å². The summed E-state index contributed by atoms with van der Waals surface area (Å²) in [6, 6.07) is 0. The molecule has 1 heterocycles. The smallest absolute Gasteiger partial charge is 0.347 e. The van der Waals surface area contributed by atoms with Crippen LogP contribution in [0.4, 0.5) is 0 Å². The first-order valence-electron chi connectivity index (χ1n) is 6.61. The lowest BCUT2D eigenvalue weighted by molar-refractivity contribution is -0.233. The lowest BCUT2D eigenvalue weighted by Crippen LogP contribution is -2.53. The maximum Gasteiger partial charge on any atom is 0.347 e. The van der Waals surface area contributed by atoms with Crippen molar-refractivity contribution in [3.8, 4) is 0 Å². The van der Waals surface area contributed by atoms with E-state index in [4.69, 9.17) is 18.9 Å². The van der Waals surface area contributed by atoms with Gasteiger partial charge in [0.2, 0.25) is 5.88 Å². The van der Waals surface area contributed by atoms with Crippen molar-refractivity contribution >= 4 is 17.7 Å². The second kappa shape index (κ2) is 7.76. The molecule has 2 atom stereocenters. The number of hydrogen-bond acceptors (Lipinski definition) is 9. The van der Waals surface area contributed by atoms with Gasteiger partial charge in [0.1, 0.15) is 0 Å². The number of carbonyl (C=O) groups is 3. The first-order valence-corrected chi connectivity index (χ1v) is 6.61. The minimum Gasteiger partial charge on any atom is -0.480 e. The molecule has 0 saturated heterocycles. The minimum absolute atomic E-state index is 0.00974. The van der Waals surface area contributed by atoms with E-state index >= 15 is 0 Å². The maximum absolute atomic E-state index is 12.5. The van der Waals surface area contributed by atoms with Crippen LogP contribution in [-0.4, -0.2) is 61.7 Å². The molecule has 0 aliphatic carbocycles. The van der Waals surface area contributed by atoms with E-state index in [1.165, 1.54) is 7.11 Å². The second-order valence-corrected chi connectivity index (χ2v) is 4.17. The van der Waals surface area contributed by atoms with Crippen LogP contribution in [0.15, 0.2) is 11.5 Å². The van der Waals surface area contributed by atoms with Crippen LogP contribution in [0, 0.1) is 5.92 Å². The highest BCUT2D eigenvalue weighted by molar-refractivity contribution is 6.23. The van der Waals surface area contributed by atoms with Crippen molar-refractivity contribution in [2.24, 2.45) is 5.92 Å². The van der Waals surface area contributed by atoms with Crippen LogP contribution in [0.3, 0.4) is 0 Å². The van der Waals surface area contributed by atoms with Crippen molar-refractivity contribution < 1.29 is 38.5 Å². The molecule has 0 spiro atoms. The van der Waals surface area contributed by atoms with Crippen LogP contribution in [0.25, 0.3) is 0 Å². The van der Waals surface area contributed by atoms with Crippen molar-refractivity contribution in [3.63, 3.8) is 0 Å². The molecule has 1 aliphatic heterocycles. The summed E-state index contributed by atoms with van der Waals surface area (Å²) < 4.78 is 19.4. The van der Waals surface area contributed by atoms with Crippen LogP contribution in [0.2, 0.25) is 0 Å². The van der Waals surface area contributed by atoms with Gasteiger partial charge in [-0.25, -0.2) is 4.79 Å². The number of hydrogen-bond donors (Lipinski definition) is 1. The summed E-state index contributed by atoms with van der Waals surface area (Å²) in [6.45, 7) is 3.15. The molecule has 0 saturated carbocycles. The van der Waals surface area contributed by atoms with Crippen LogP contribution in [-0.2, 0) is 33.3 Å². The summed E-state index contributed by atoms with van der Waals surface area (Å²) in [4.78, 5) is 36.4. The molecule has 9 heteroatoms. The highest BCUT2D eigenvalue weighted by Gasteiger charge is 2.50. The molecule has 0 aromatic heterocycles. The van der Waals surface area contributed by atoms with Gasteiger partial charge in [0.05, 0.1) is 20.3 Å². The summed E-state index contributed by atoms with van der Waals surface area (Å²) in [5.74, 6) is -4.81. The number of hydroxylamine groups is 2. The molecule has 9 nitrogen and oxygen atoms in total. The van der Waals surface area contributed by atoms with Gasteiger partial charge in [-0.05, 0) is 13.8 Å². The van der Waals surface area contributed by atoms with Crippen LogP contribution >= 0.6 is 0 Å². The number of Topliss-reactive ketones (excluding diaryl/α,β-unsaturated/α-hetero) is 1. The minimum atomic E-state index is -1.53. The second-order valence-electron chi connectivity index (χ2n) is 4.17. The van der Waals surface area contributed by atoms with E-state index in [1.807, 2.05) is 0 Å². The molecule has 0 bridgehead atoms. The fourth-order valence-electron chi connectivity index (χ4n) is 2.04. The zero-order valence-corrected chi connectivity index (χ0v) is 12.8. The van der Waals surface area contributed by atoms with E-state index in [-0.39, 0.29) is 13.2 Å². The van der Waals surface area contributed by atoms with Gasteiger partial charge in [0, 0.05) is 7.11 Å². The number of carbonyl (C=O) groups excluding carboxylic acids is 3. The highest BCUT2D eigenvalue weighted by Crippen LogP contribution is 2.30. The molecule has 0 amide bonds. The van der Waals surface area contributed by atoms with Gasteiger partial charge in [-0.3, -0.25) is 14.8 Å². The van der Waals surface area contributed by atoms with Crippen molar-refractivity contribution in [2.45, 2.75) is 20.1 Å². The molecule has 2 unspecified atom stereocenters. The molecule has 0 aromatic rings. The van der Waals surface area contributed by atoms with Gasteiger partial charge < -0.3 is 18.9 Å². The van der Waals surface area contributed by atoms with E-state index < -0.39 is 41.3 Å². The molecule has 1 aliphatic rings. The lowest BCUT2D eigenvalue weighted by Gasteiger charge is -2.35. The zero-order valence-electron chi connectivity index (χ0n) is 12.8. The van der Waals surface area contributed by atoms with Crippen LogP contribution in [0.5, 0.6) is 0 Å². The van der Waals surface area contributed by atoms with E-state index in [9.17, 15) is 19.6 Å². The fraction of sp³-hybridized carbons (Fsp3) is 0.615. The normalized spacial score (nSPS) is 21.7. The molecule has 0 aromatic carbocycles. The van der Waals surface area contributed by atoms with Gasteiger partial charge in [0.15, 0.2) is 23.5 Å². The van der Waals surface area contributed by atoms with Gasteiger partial charge in [-0.2, -0.15) is 5.06 Å². The Hall–Kier alpha value is -2.13. The van der Waals surface area contributed by atoms with Crippen molar-refractivity contribution in [3.05, 3.63) is 11.5 Å². The summed E-state index contributed by atoms with van der Waals surface area (Å²) in [5.41, 5.74) is -0.571. The first-order chi connectivity index (χ1) is 10.4. The number of rotatable bonds is 6. The third kappa shape index (κ3) is 3.20. The van der Waals surface area contributed by atoms with Gasteiger partial charge in [-0.1, -0.05) is 0 Å². The Morgan fingerprint density at radius 3 is 2.23 bits per heavy atom. The van der Waals surface area contributed by atoms with E-state index in [0.717, 1.165) is 7.11 Å². The summed E-state index contributed by atoms with van der Waals surface area (Å²) >= 11 is 0. The predicted octanol–water partition coefficient (Wildman–Crippen LogP) is -0.167. The SMILES string of the molecule is CCOC(=O)C1=C(OC)N(O)C(OC)C(C(=O)OCC)C1=O. The largest absolute Gasteiger partial charge is 0.480 e. The summed E-state index contributed by atoms with van der Waals surface area (Å²) in [7, 11) is 2.35. The molecule has 0 radical (unpaired) electrons. The molecule has 0 fully saturated rings.